The van der Waals surface area contributed by atoms with Crippen molar-refractivity contribution in [3.8, 4) is 11.5 Å². The quantitative estimate of drug-likeness (QED) is 0.717. The Morgan fingerprint density at radius 3 is 2.34 bits per heavy atom. The van der Waals surface area contributed by atoms with Crippen LogP contribution in [0.1, 0.15) is 49.8 Å². The van der Waals surface area contributed by atoms with Crippen molar-refractivity contribution in [1.29, 1.82) is 0 Å². The Morgan fingerprint density at radius 2 is 1.72 bits per heavy atom. The van der Waals surface area contributed by atoms with E-state index in [1.165, 1.54) is 17.7 Å². The molecule has 0 aromatic heterocycles. The van der Waals surface area contributed by atoms with E-state index in [2.05, 4.69) is 11.4 Å². The molecule has 1 unspecified atom stereocenters. The van der Waals surface area contributed by atoms with Crippen LogP contribution in [-0.4, -0.2) is 39.1 Å². The van der Waals surface area contributed by atoms with Gasteiger partial charge >= 0.3 is 6.03 Å². The number of hydrogen-bond acceptors (Lipinski definition) is 5. The van der Waals surface area contributed by atoms with E-state index < -0.39 is 10.0 Å². The summed E-state index contributed by atoms with van der Waals surface area (Å²) in [7, 11) is -3.78. The highest BCUT2D eigenvalue weighted by Crippen LogP contribution is 2.52. The van der Waals surface area contributed by atoms with E-state index in [-0.39, 0.29) is 22.4 Å². The van der Waals surface area contributed by atoms with Crippen molar-refractivity contribution < 1.29 is 22.7 Å². The largest absolute Gasteiger partial charge is 0.486 e. The first-order valence-corrected chi connectivity index (χ1v) is 12.5. The zero-order valence-electron chi connectivity index (χ0n) is 18.0. The molecule has 2 amide bonds. The number of carbonyl (C=O) groups excluding carboxylic acids is 1. The topological polar surface area (TPSA) is 111 Å². The van der Waals surface area contributed by atoms with E-state index in [0.29, 0.717) is 25.4 Å². The maximum absolute atomic E-state index is 13.3. The number of primary sulfonamides is 1. The van der Waals surface area contributed by atoms with E-state index >= 15 is 0 Å². The molecule has 170 valence electrons. The molecule has 2 aliphatic heterocycles. The Bertz CT molecular complexity index is 1160. The number of hydrogen-bond donors (Lipinski definition) is 2. The van der Waals surface area contributed by atoms with Crippen molar-refractivity contribution in [3.63, 3.8) is 0 Å². The summed E-state index contributed by atoms with van der Waals surface area (Å²) < 4.78 is 34.6. The van der Waals surface area contributed by atoms with Gasteiger partial charge in [0.1, 0.15) is 13.2 Å². The van der Waals surface area contributed by atoms with E-state index in [0.717, 1.165) is 42.7 Å². The number of carbonyl (C=O) groups is 1. The minimum absolute atomic E-state index is 0.00710. The number of amides is 2. The van der Waals surface area contributed by atoms with Crippen LogP contribution in [0, 0.1) is 0 Å². The molecule has 2 heterocycles. The molecule has 0 saturated heterocycles. The number of nitrogens with zero attached hydrogens (tertiary/aromatic N) is 1. The van der Waals surface area contributed by atoms with Crippen molar-refractivity contribution in [3.05, 3.63) is 47.5 Å². The molecule has 2 aromatic carbocycles. The minimum Gasteiger partial charge on any atom is -0.486 e. The summed E-state index contributed by atoms with van der Waals surface area (Å²) >= 11 is 0. The first-order chi connectivity index (χ1) is 15.3. The Labute approximate surface area is 187 Å². The van der Waals surface area contributed by atoms with Gasteiger partial charge in [0.05, 0.1) is 10.9 Å². The average molecular weight is 458 g/mol. The highest BCUT2D eigenvalue weighted by atomic mass is 32.2. The standard InChI is InChI=1S/C23H27N3O5S/c1-15-18-12-20-21(31-11-10-30-20)13-19(18)23(8-2-3-9-23)14-26(15)22(27)25-16-4-6-17(7-5-16)32(24,28)29/h4-7,12-13,15H,2-3,8-11,14H2,1H3,(H,25,27)(H2,24,28,29). The highest BCUT2D eigenvalue weighted by molar-refractivity contribution is 7.89. The zero-order chi connectivity index (χ0) is 22.5. The van der Waals surface area contributed by atoms with Crippen LogP contribution < -0.4 is 19.9 Å². The molecule has 5 rings (SSSR count). The first kappa shape index (κ1) is 21.1. The number of urea groups is 1. The van der Waals surface area contributed by atoms with Gasteiger partial charge in [0.25, 0.3) is 0 Å². The number of rotatable bonds is 2. The summed E-state index contributed by atoms with van der Waals surface area (Å²) in [6.07, 6.45) is 4.32. The van der Waals surface area contributed by atoms with Gasteiger partial charge in [-0.2, -0.15) is 0 Å². The molecule has 2 aromatic rings. The van der Waals surface area contributed by atoms with Gasteiger partial charge < -0.3 is 19.7 Å². The maximum atomic E-state index is 13.3. The molecule has 9 heteroatoms. The Morgan fingerprint density at radius 1 is 1.09 bits per heavy atom. The van der Waals surface area contributed by atoms with Crippen molar-refractivity contribution in [2.45, 2.75) is 49.0 Å². The van der Waals surface area contributed by atoms with Crippen LogP contribution in [0.25, 0.3) is 0 Å². The van der Waals surface area contributed by atoms with Crippen LogP contribution in [0.15, 0.2) is 41.3 Å². The lowest BCUT2D eigenvalue weighted by atomic mass is 9.71. The minimum atomic E-state index is -3.78. The molecule has 0 bridgehead atoms. The molecule has 1 saturated carbocycles. The van der Waals surface area contributed by atoms with E-state index in [1.807, 2.05) is 17.9 Å². The summed E-state index contributed by atoms with van der Waals surface area (Å²) in [6.45, 7) is 3.72. The predicted octanol–water partition coefficient (Wildman–Crippen LogP) is 3.53. The molecule has 3 aliphatic rings. The second-order valence-electron chi connectivity index (χ2n) is 8.87. The molecule has 1 fully saturated rings. The third-order valence-corrected chi connectivity index (χ3v) is 7.86. The number of nitrogens with one attached hydrogen (secondary N) is 1. The van der Waals surface area contributed by atoms with Crippen LogP contribution in [0.2, 0.25) is 0 Å². The van der Waals surface area contributed by atoms with Gasteiger partial charge in [-0.3, -0.25) is 0 Å². The lowest BCUT2D eigenvalue weighted by molar-refractivity contribution is 0.149. The third kappa shape index (κ3) is 3.59. The molecule has 1 spiro atoms. The van der Waals surface area contributed by atoms with Gasteiger partial charge in [-0.05, 0) is 67.3 Å². The highest BCUT2D eigenvalue weighted by Gasteiger charge is 2.46. The van der Waals surface area contributed by atoms with Gasteiger partial charge in [0, 0.05) is 17.6 Å². The fourth-order valence-electron chi connectivity index (χ4n) is 5.28. The smallest absolute Gasteiger partial charge is 0.322 e. The van der Waals surface area contributed by atoms with Crippen LogP contribution in [0.3, 0.4) is 0 Å². The Hall–Kier alpha value is -2.78. The normalized spacial score (nSPS) is 21.3. The summed E-state index contributed by atoms with van der Waals surface area (Å²) in [4.78, 5) is 15.2. The van der Waals surface area contributed by atoms with Gasteiger partial charge in [0.15, 0.2) is 11.5 Å². The van der Waals surface area contributed by atoms with Gasteiger partial charge in [-0.15, -0.1) is 0 Å². The number of nitrogens with two attached hydrogens (primary N) is 1. The molecule has 1 atom stereocenters. The van der Waals surface area contributed by atoms with Gasteiger partial charge in [-0.25, -0.2) is 18.4 Å². The van der Waals surface area contributed by atoms with Crippen LogP contribution >= 0.6 is 0 Å². The number of anilines is 1. The number of sulfonamides is 1. The van der Waals surface area contributed by atoms with Crippen molar-refractivity contribution in [2.24, 2.45) is 5.14 Å². The Kier molecular flexibility index (Phi) is 5.05. The molecular formula is C23H27N3O5S. The van der Waals surface area contributed by atoms with E-state index in [1.54, 1.807) is 12.1 Å². The van der Waals surface area contributed by atoms with Crippen LogP contribution in [0.4, 0.5) is 10.5 Å². The SMILES string of the molecule is CC1c2cc3c(cc2C2(CCCC2)CN1C(=O)Nc1ccc(S(N)(=O)=O)cc1)OCCO3. The fourth-order valence-corrected chi connectivity index (χ4v) is 5.79. The second kappa shape index (κ2) is 7.67. The second-order valence-corrected chi connectivity index (χ2v) is 10.4. The number of ether oxygens (including phenoxy) is 2. The van der Waals surface area contributed by atoms with Crippen LogP contribution in [-0.2, 0) is 15.4 Å². The summed E-state index contributed by atoms with van der Waals surface area (Å²) in [6, 6.07) is 9.69. The monoisotopic (exact) mass is 457 g/mol. The fraction of sp³-hybridized carbons (Fsp3) is 0.435. The molecule has 8 nitrogen and oxygen atoms in total. The summed E-state index contributed by atoms with van der Waals surface area (Å²) in [5.74, 6) is 1.53. The lowest BCUT2D eigenvalue weighted by Crippen LogP contribution is -2.50. The van der Waals surface area contributed by atoms with Gasteiger partial charge in [0.2, 0.25) is 10.0 Å². The lowest BCUT2D eigenvalue weighted by Gasteiger charge is -2.46. The molecular weight excluding hydrogens is 430 g/mol. The van der Waals surface area contributed by atoms with Crippen LogP contribution in [0.5, 0.6) is 11.5 Å². The number of fused-ring (bicyclic) bond motifs is 3. The van der Waals surface area contributed by atoms with Crippen molar-refractivity contribution in [2.75, 3.05) is 25.1 Å². The molecule has 1 aliphatic carbocycles. The first-order valence-electron chi connectivity index (χ1n) is 10.9. The number of benzene rings is 2. The predicted molar refractivity (Wildman–Crippen MR) is 120 cm³/mol. The average Bonchev–Trinajstić information content (AvgIpc) is 3.24. The molecule has 3 N–H and O–H groups in total. The molecule has 0 radical (unpaired) electrons. The van der Waals surface area contributed by atoms with Crippen molar-refractivity contribution in [1.82, 2.24) is 4.90 Å². The summed E-state index contributed by atoms with van der Waals surface area (Å²) in [5, 5.41) is 8.08. The third-order valence-electron chi connectivity index (χ3n) is 6.93. The van der Waals surface area contributed by atoms with Crippen molar-refractivity contribution >= 4 is 21.7 Å². The maximum Gasteiger partial charge on any atom is 0.322 e. The Balaban J connectivity index is 1.46. The van der Waals surface area contributed by atoms with Gasteiger partial charge in [-0.1, -0.05) is 12.8 Å². The zero-order valence-corrected chi connectivity index (χ0v) is 18.8. The van der Waals surface area contributed by atoms with E-state index in [4.69, 9.17) is 14.6 Å². The molecule has 32 heavy (non-hydrogen) atoms. The summed E-state index contributed by atoms with van der Waals surface area (Å²) in [5.41, 5.74) is 2.80. The van der Waals surface area contributed by atoms with E-state index in [9.17, 15) is 13.2 Å².